The van der Waals surface area contributed by atoms with Crippen molar-refractivity contribution in [2.75, 3.05) is 26.7 Å². The molecule has 0 radical (unpaired) electrons. The van der Waals surface area contributed by atoms with Gasteiger partial charge in [-0.1, -0.05) is 70.2 Å². The molecule has 2 aliphatic heterocycles. The van der Waals surface area contributed by atoms with E-state index < -0.39 is 120 Å². The number of ether oxygens (including phenoxy) is 1. The Hall–Kier alpha value is -8.23. The summed E-state index contributed by atoms with van der Waals surface area (Å²) >= 11 is 0. The molecule has 0 bridgehead atoms. The molecule has 8 amide bonds. The molecule has 2 aliphatic rings. The summed E-state index contributed by atoms with van der Waals surface area (Å²) in [4.78, 5) is 142. The Bertz CT molecular complexity index is 2830. The molecule has 4 heterocycles. The number of rotatable bonds is 33. The van der Waals surface area contributed by atoms with Crippen molar-refractivity contribution in [3.8, 4) is 5.75 Å². The second-order valence-electron chi connectivity index (χ2n) is 22.9. The minimum atomic E-state index is -1.53. The Kier molecular flexibility index (Phi) is 26.0. The highest BCUT2D eigenvalue weighted by Crippen LogP contribution is 2.22. The number of nitrogens with two attached hydrogens (primary N) is 1. The number of nitrogens with zero attached hydrogens (tertiary/aromatic N) is 3. The molecule has 0 saturated carbocycles. The second kappa shape index (κ2) is 33.5. The first-order chi connectivity index (χ1) is 41.2. The van der Waals surface area contributed by atoms with Crippen LogP contribution in [0.3, 0.4) is 0 Å². The summed E-state index contributed by atoms with van der Waals surface area (Å²) in [6, 6.07) is 5.16. The molecule has 2 aromatic carbocycles. The Morgan fingerprint density at radius 3 is 1.84 bits per heavy atom. The monoisotopic (exact) mass is 1190 g/mol. The number of methoxy groups -OCH3 is 1. The number of esters is 1. The fraction of sp³-hybridized carbons (Fsp3) is 0.550. The van der Waals surface area contributed by atoms with Crippen molar-refractivity contribution in [1.29, 1.82) is 0 Å². The number of carbonyl (C=O) groups is 9. The minimum Gasteiger partial charge on any atom is -0.508 e. The number of imidazole rings is 2. The van der Waals surface area contributed by atoms with Crippen molar-refractivity contribution < 1.29 is 58.1 Å². The molecule has 26 heteroatoms. The molecule has 0 unspecified atom stereocenters. The van der Waals surface area contributed by atoms with Gasteiger partial charge in [0, 0.05) is 56.0 Å². The molecule has 2 fully saturated rings. The lowest BCUT2D eigenvalue weighted by Crippen LogP contribution is -2.60. The summed E-state index contributed by atoms with van der Waals surface area (Å²) in [5, 5.41) is 44.5. The standard InChI is InChI=1S/C60H86N14O12/c1-35(2)25-44(50(76)30-51(77)73-52(36(3)4)58(83)71-46(27-38-18-20-41(75)21-19-38)54(79)67-43(60(85)86-5)15-9-10-22-61)68-56(81)47(28-39-31-62-33-65-39)69-55(80)45(26-37-13-7-6-8-14-37)70-57(82)49-17-12-24-74(49)59(84)48(29-40-32-63-34-66-40)72-53(78)42-16-11-23-64-42/h6-8,13-14,18-21,31-36,42-50,52,64,75-76H,9-12,15-17,22-30,61H2,1-5H3,(H,62,65)(H,63,66)(H,67,79)(H,68,81)(H,69,80)(H,70,82)(H,71,83)(H,72,78)(H,73,77)/t42-,43-,44-,45-,46-,47-,48-,49-,50-,52-/m0/s1. The van der Waals surface area contributed by atoms with Crippen LogP contribution in [0.25, 0.3) is 0 Å². The van der Waals surface area contributed by atoms with E-state index in [1.807, 2.05) is 13.8 Å². The van der Waals surface area contributed by atoms with Crippen LogP contribution in [0.5, 0.6) is 5.75 Å². The van der Waals surface area contributed by atoms with Crippen molar-refractivity contribution in [2.24, 2.45) is 17.6 Å². The maximum Gasteiger partial charge on any atom is 0.328 e. The quantitative estimate of drug-likeness (QED) is 0.0221. The van der Waals surface area contributed by atoms with Crippen molar-refractivity contribution in [3.05, 3.63) is 102 Å². The number of hydrogen-bond acceptors (Lipinski definition) is 16. The van der Waals surface area contributed by atoms with Gasteiger partial charge in [0.1, 0.15) is 48.0 Å². The molecule has 468 valence electrons. The van der Waals surface area contributed by atoms with Gasteiger partial charge in [0.05, 0.1) is 44.4 Å². The number of carbonyl (C=O) groups excluding carboxylic acids is 9. The van der Waals surface area contributed by atoms with Crippen LogP contribution < -0.4 is 48.3 Å². The third-order valence-electron chi connectivity index (χ3n) is 15.3. The van der Waals surface area contributed by atoms with Crippen LogP contribution in [0, 0.1) is 11.8 Å². The highest BCUT2D eigenvalue weighted by molar-refractivity contribution is 5.97. The number of unbranched alkanes of at least 4 members (excludes halogenated alkanes) is 1. The van der Waals surface area contributed by atoms with Crippen LogP contribution in [0.4, 0.5) is 0 Å². The number of aromatic nitrogens is 4. The molecular formula is C60H86N14O12. The fourth-order valence-corrected chi connectivity index (χ4v) is 10.6. The first-order valence-corrected chi connectivity index (χ1v) is 29.6. The van der Waals surface area contributed by atoms with Crippen LogP contribution in [0.1, 0.15) is 108 Å². The highest BCUT2D eigenvalue weighted by Gasteiger charge is 2.41. The number of amides is 8. The van der Waals surface area contributed by atoms with Crippen molar-refractivity contribution in [1.82, 2.24) is 67.4 Å². The minimum absolute atomic E-state index is 0.0126. The zero-order valence-corrected chi connectivity index (χ0v) is 49.6. The molecule has 6 rings (SSSR count). The van der Waals surface area contributed by atoms with E-state index in [0.717, 1.165) is 6.42 Å². The summed E-state index contributed by atoms with van der Waals surface area (Å²) in [5.41, 5.74) is 7.96. The molecule has 4 aromatic rings. The zero-order chi connectivity index (χ0) is 62.3. The molecule has 86 heavy (non-hydrogen) atoms. The summed E-state index contributed by atoms with van der Waals surface area (Å²) < 4.78 is 4.94. The van der Waals surface area contributed by atoms with Crippen LogP contribution >= 0.6 is 0 Å². The number of hydrogen-bond donors (Lipinski definition) is 13. The van der Waals surface area contributed by atoms with Gasteiger partial charge in [0.2, 0.25) is 47.3 Å². The number of phenolic OH excluding ortho intramolecular Hbond substituents is 1. The number of aromatic amines is 2. The number of H-pyrrole nitrogens is 2. The molecule has 2 saturated heterocycles. The average molecular weight is 1200 g/mol. The third-order valence-corrected chi connectivity index (χ3v) is 15.3. The maximum atomic E-state index is 14.7. The lowest BCUT2D eigenvalue weighted by atomic mass is 9.95. The molecule has 14 N–H and O–H groups in total. The average Bonchev–Trinajstić information content (AvgIpc) is 2.51. The third kappa shape index (κ3) is 20.5. The summed E-state index contributed by atoms with van der Waals surface area (Å²) in [6.45, 7) is 8.32. The molecule has 0 spiro atoms. The van der Waals surface area contributed by atoms with Gasteiger partial charge in [-0.25, -0.2) is 14.8 Å². The lowest BCUT2D eigenvalue weighted by Gasteiger charge is -2.31. The summed E-state index contributed by atoms with van der Waals surface area (Å²) in [7, 11) is 1.19. The van der Waals surface area contributed by atoms with Gasteiger partial charge in [-0.05, 0) is 99.6 Å². The van der Waals surface area contributed by atoms with E-state index in [2.05, 4.69) is 62.5 Å². The predicted molar refractivity (Wildman–Crippen MR) is 316 cm³/mol. The van der Waals surface area contributed by atoms with Crippen LogP contribution in [0.2, 0.25) is 0 Å². The SMILES string of the molecule is COC(=O)[C@H](CCCCN)NC(=O)[C@H](Cc1ccc(O)cc1)NC(=O)[C@@H](NC(=O)C[C@H](O)[C@H](CC(C)C)NC(=O)[C@H](Cc1cnc[nH]1)NC(=O)[C@H](Cc1ccccc1)NC(=O)[C@@H]1CCCN1C(=O)[C@H](Cc1cnc[nH]1)NC(=O)[C@@H]1CCCN1)C(C)C. The maximum absolute atomic E-state index is 14.7. The van der Waals surface area contributed by atoms with E-state index in [9.17, 15) is 53.4 Å². The summed E-state index contributed by atoms with van der Waals surface area (Å²) in [5.74, 6) is -6.50. The van der Waals surface area contributed by atoms with Crippen molar-refractivity contribution in [3.63, 3.8) is 0 Å². The Labute approximate surface area is 500 Å². The van der Waals surface area contributed by atoms with E-state index in [0.29, 0.717) is 61.3 Å². The Balaban J connectivity index is 1.16. The molecule has 10 atom stereocenters. The fourth-order valence-electron chi connectivity index (χ4n) is 10.6. The number of aliphatic hydroxyl groups excluding tert-OH is 1. The molecule has 26 nitrogen and oxygen atoms in total. The van der Waals surface area contributed by atoms with Gasteiger partial charge in [-0.3, -0.25) is 38.4 Å². The van der Waals surface area contributed by atoms with Gasteiger partial charge < -0.3 is 78.1 Å². The van der Waals surface area contributed by atoms with Gasteiger partial charge in [-0.2, -0.15) is 0 Å². The Morgan fingerprint density at radius 2 is 1.26 bits per heavy atom. The van der Waals surface area contributed by atoms with E-state index in [-0.39, 0.29) is 69.1 Å². The van der Waals surface area contributed by atoms with E-state index in [1.165, 1.54) is 43.0 Å². The largest absolute Gasteiger partial charge is 0.508 e. The van der Waals surface area contributed by atoms with Crippen molar-refractivity contribution in [2.45, 2.75) is 172 Å². The first-order valence-electron chi connectivity index (χ1n) is 29.6. The van der Waals surface area contributed by atoms with E-state index >= 15 is 0 Å². The van der Waals surface area contributed by atoms with Gasteiger partial charge in [0.25, 0.3) is 0 Å². The molecular weight excluding hydrogens is 1110 g/mol. The van der Waals surface area contributed by atoms with Gasteiger partial charge >= 0.3 is 5.97 Å². The van der Waals surface area contributed by atoms with Crippen LogP contribution in [0.15, 0.2) is 79.6 Å². The highest BCUT2D eigenvalue weighted by atomic mass is 16.5. The van der Waals surface area contributed by atoms with E-state index in [1.54, 1.807) is 62.5 Å². The van der Waals surface area contributed by atoms with Crippen LogP contribution in [-0.4, -0.2) is 176 Å². The topological polar surface area (TPSA) is 386 Å². The van der Waals surface area contributed by atoms with Gasteiger partial charge in [0.15, 0.2) is 0 Å². The van der Waals surface area contributed by atoms with E-state index in [4.69, 9.17) is 10.5 Å². The summed E-state index contributed by atoms with van der Waals surface area (Å²) in [6.07, 6.45) is 7.34. The number of benzene rings is 2. The number of aromatic hydroxyl groups is 1. The molecule has 2 aromatic heterocycles. The molecule has 0 aliphatic carbocycles. The second-order valence-corrected chi connectivity index (χ2v) is 22.9. The Morgan fingerprint density at radius 1 is 0.674 bits per heavy atom. The first kappa shape index (κ1) is 66.9. The number of phenols is 1. The number of likely N-dealkylation sites (tertiary alicyclic amines) is 1. The lowest BCUT2D eigenvalue weighted by molar-refractivity contribution is -0.145. The number of aliphatic hydroxyl groups is 1. The number of nitrogens with one attached hydrogen (secondary N) is 10. The van der Waals surface area contributed by atoms with Crippen LogP contribution in [-0.2, 0) is 73.6 Å². The van der Waals surface area contributed by atoms with Crippen molar-refractivity contribution >= 4 is 53.2 Å². The zero-order valence-electron chi connectivity index (χ0n) is 49.6. The smallest absolute Gasteiger partial charge is 0.328 e. The normalized spacial score (nSPS) is 17.7. The predicted octanol–water partition coefficient (Wildman–Crippen LogP) is 0.000700. The van der Waals surface area contributed by atoms with Gasteiger partial charge in [-0.15, -0.1) is 0 Å².